The van der Waals surface area contributed by atoms with Crippen LogP contribution in [0.15, 0.2) is 83.9 Å². The number of likely N-dealkylation sites (tertiary alicyclic amines) is 1. The van der Waals surface area contributed by atoms with E-state index in [1.807, 2.05) is 33.0 Å². The van der Waals surface area contributed by atoms with E-state index in [1.165, 1.54) is 18.3 Å². The highest BCUT2D eigenvalue weighted by molar-refractivity contribution is 7.16. The van der Waals surface area contributed by atoms with Gasteiger partial charge in [-0.05, 0) is 112 Å². The molecule has 5 heterocycles. The smallest absolute Gasteiger partial charge is 0.258 e. The van der Waals surface area contributed by atoms with Gasteiger partial charge < -0.3 is 30.7 Å². The van der Waals surface area contributed by atoms with Crippen LogP contribution in [0.3, 0.4) is 0 Å². The summed E-state index contributed by atoms with van der Waals surface area (Å²) < 4.78 is 26.4. The Morgan fingerprint density at radius 1 is 1.12 bits per heavy atom. The number of amides is 2. The van der Waals surface area contributed by atoms with Crippen molar-refractivity contribution in [3.63, 3.8) is 0 Å². The van der Waals surface area contributed by atoms with Crippen LogP contribution in [0.4, 0.5) is 15.8 Å². The predicted octanol–water partition coefficient (Wildman–Crippen LogP) is 6.64. The molecule has 4 N–H and O–H groups in total. The molecule has 2 fully saturated rings. The van der Waals surface area contributed by atoms with Crippen LogP contribution >= 0.6 is 11.3 Å². The average molecular weight is 698 g/mol. The van der Waals surface area contributed by atoms with Crippen LogP contribution in [0.1, 0.15) is 61.3 Å². The van der Waals surface area contributed by atoms with Crippen LogP contribution in [-0.4, -0.2) is 55.6 Å². The molecule has 0 aliphatic carbocycles. The van der Waals surface area contributed by atoms with E-state index in [0.29, 0.717) is 35.5 Å². The number of fused-ring (bicyclic) bond motifs is 3. The maximum Gasteiger partial charge on any atom is 0.258 e. The second-order valence-electron chi connectivity index (χ2n) is 14.1. The van der Waals surface area contributed by atoms with Gasteiger partial charge in [-0.1, -0.05) is 0 Å². The third-order valence-corrected chi connectivity index (χ3v) is 11.9. The van der Waals surface area contributed by atoms with E-state index in [0.717, 1.165) is 71.4 Å². The SMILES string of the molecule is CC1=CNC(C)(c2cc3c(s2)-c2ccc(F)cc2N(C(=O)c2ccc(NC(=O)/C(=C/C(C)=C\N)C(C)N4CC5(CCOCC5)C4)cc2)CC3)O1. The molecule has 2 amide bonds. The number of benzene rings is 2. The van der Waals surface area contributed by atoms with Crippen molar-refractivity contribution in [1.82, 2.24) is 10.2 Å². The van der Waals surface area contributed by atoms with Crippen molar-refractivity contribution >= 4 is 34.5 Å². The average Bonchev–Trinajstić information content (AvgIpc) is 3.65. The minimum atomic E-state index is -0.676. The van der Waals surface area contributed by atoms with E-state index >= 15 is 0 Å². The molecule has 1 aromatic heterocycles. The number of anilines is 2. The maximum atomic E-state index is 14.7. The Labute approximate surface area is 296 Å². The van der Waals surface area contributed by atoms with Crippen LogP contribution in [0.2, 0.25) is 0 Å². The van der Waals surface area contributed by atoms with Gasteiger partial charge in [-0.3, -0.25) is 14.5 Å². The molecule has 0 radical (unpaired) electrons. The molecule has 0 saturated carbocycles. The van der Waals surface area contributed by atoms with Crippen LogP contribution in [0, 0.1) is 11.2 Å². The minimum Gasteiger partial charge on any atom is -0.467 e. The van der Waals surface area contributed by atoms with E-state index in [-0.39, 0.29) is 23.3 Å². The quantitative estimate of drug-likeness (QED) is 0.188. The van der Waals surface area contributed by atoms with Crippen LogP contribution in [-0.2, 0) is 26.4 Å². The fourth-order valence-corrected chi connectivity index (χ4v) is 8.73. The Morgan fingerprint density at radius 3 is 2.54 bits per heavy atom. The van der Waals surface area contributed by atoms with E-state index in [9.17, 15) is 14.0 Å². The van der Waals surface area contributed by atoms with Crippen molar-refractivity contribution in [1.29, 1.82) is 0 Å². The summed E-state index contributed by atoms with van der Waals surface area (Å²) in [4.78, 5) is 33.7. The van der Waals surface area contributed by atoms with Gasteiger partial charge in [-0.25, -0.2) is 4.39 Å². The first-order valence-electron chi connectivity index (χ1n) is 17.2. The first-order valence-corrected chi connectivity index (χ1v) is 18.0. The summed E-state index contributed by atoms with van der Waals surface area (Å²) in [6.45, 7) is 11.7. The van der Waals surface area contributed by atoms with Crippen LogP contribution in [0.5, 0.6) is 0 Å². The summed E-state index contributed by atoms with van der Waals surface area (Å²) in [5.41, 5.74) is 10.2. The molecule has 9 nitrogen and oxygen atoms in total. The number of carbonyl (C=O) groups is 2. The zero-order valence-corrected chi connectivity index (χ0v) is 29.8. The lowest BCUT2D eigenvalue weighted by molar-refractivity contribution is -0.116. The lowest BCUT2D eigenvalue weighted by Gasteiger charge is -2.54. The molecule has 0 bridgehead atoms. The van der Waals surface area contributed by atoms with Crippen molar-refractivity contribution in [3.8, 4) is 10.4 Å². The number of thiophene rings is 1. The largest absolute Gasteiger partial charge is 0.467 e. The third-order valence-electron chi connectivity index (χ3n) is 10.5. The van der Waals surface area contributed by atoms with Crippen molar-refractivity contribution in [3.05, 3.63) is 106 Å². The molecule has 3 aromatic rings. The molecule has 50 heavy (non-hydrogen) atoms. The number of ether oxygens (including phenoxy) is 2. The van der Waals surface area contributed by atoms with E-state index in [2.05, 4.69) is 28.5 Å². The molecule has 4 aliphatic rings. The second kappa shape index (κ2) is 13.4. The second-order valence-corrected chi connectivity index (χ2v) is 15.2. The van der Waals surface area contributed by atoms with E-state index < -0.39 is 11.5 Å². The summed E-state index contributed by atoms with van der Waals surface area (Å²) in [6.07, 6.45) is 7.90. The molecule has 262 valence electrons. The number of hydrogen-bond donors (Lipinski definition) is 3. The van der Waals surface area contributed by atoms with Crippen LogP contribution < -0.4 is 21.3 Å². The molecule has 7 rings (SSSR count). The zero-order chi connectivity index (χ0) is 35.2. The molecule has 2 atom stereocenters. The van der Waals surface area contributed by atoms with Crippen molar-refractivity contribution in [2.24, 2.45) is 11.1 Å². The molecule has 1 spiro atoms. The molecule has 11 heteroatoms. The molecule has 4 aliphatic heterocycles. The number of halogens is 1. The summed E-state index contributed by atoms with van der Waals surface area (Å²) >= 11 is 1.59. The summed E-state index contributed by atoms with van der Waals surface area (Å²) in [6, 6.07) is 13.5. The van der Waals surface area contributed by atoms with E-state index in [4.69, 9.17) is 15.2 Å². The predicted molar refractivity (Wildman–Crippen MR) is 195 cm³/mol. The highest BCUT2D eigenvalue weighted by atomic mass is 32.1. The normalized spacial score (nSPS) is 22.3. The van der Waals surface area contributed by atoms with Crippen molar-refractivity contribution in [2.45, 2.75) is 58.7 Å². The fraction of sp³-hybridized carbons (Fsp3) is 0.385. The number of hydrogen-bond acceptors (Lipinski definition) is 8. The number of nitrogens with one attached hydrogen (secondary N) is 2. The molecular weight excluding hydrogens is 654 g/mol. The Kier molecular flexibility index (Phi) is 9.08. The number of nitrogens with two attached hydrogens (primary N) is 1. The van der Waals surface area contributed by atoms with Gasteiger partial charge in [0, 0.05) is 84.7 Å². The Balaban J connectivity index is 1.08. The number of nitrogens with zero attached hydrogens (tertiary/aromatic N) is 2. The van der Waals surface area contributed by atoms with Gasteiger partial charge in [-0.15, -0.1) is 11.3 Å². The lowest BCUT2D eigenvalue weighted by Crippen LogP contribution is -2.61. The Bertz CT molecular complexity index is 1900. The Morgan fingerprint density at radius 2 is 1.86 bits per heavy atom. The minimum absolute atomic E-state index is 0.104. The van der Waals surface area contributed by atoms with Gasteiger partial charge >= 0.3 is 0 Å². The summed E-state index contributed by atoms with van der Waals surface area (Å²) in [7, 11) is 0. The Hall–Kier alpha value is -4.45. The lowest BCUT2D eigenvalue weighted by atomic mass is 9.72. The topological polar surface area (TPSA) is 109 Å². The van der Waals surface area contributed by atoms with Crippen molar-refractivity contribution in [2.75, 3.05) is 43.1 Å². The molecule has 2 saturated heterocycles. The number of rotatable bonds is 7. The highest BCUT2D eigenvalue weighted by Gasteiger charge is 2.46. The zero-order valence-electron chi connectivity index (χ0n) is 29.0. The van der Waals surface area contributed by atoms with Gasteiger partial charge in [0.05, 0.1) is 10.6 Å². The highest BCUT2D eigenvalue weighted by Crippen LogP contribution is 2.46. The van der Waals surface area contributed by atoms with Gasteiger partial charge in [-0.2, -0.15) is 0 Å². The standard InChI is InChI=1S/C39H44FN5O4S/c1-24(20-41)17-32(26(3)44-22-39(23-44)12-15-48-16-13-39)36(46)43-30-8-5-27(6-9-30)37(47)45-14-11-28-18-34(38(4)42-21-25(2)49-38)50-35(28)31-10-7-29(40)19-33(31)45/h5-10,17-21,26,42H,11-16,22-23,41H2,1-4H3,(H,43,46)/b24-20-,32-17+. The van der Waals surface area contributed by atoms with Crippen molar-refractivity contribution < 1.29 is 23.5 Å². The van der Waals surface area contributed by atoms with Gasteiger partial charge in [0.1, 0.15) is 11.6 Å². The fourth-order valence-electron chi connectivity index (χ4n) is 7.43. The third kappa shape index (κ3) is 6.45. The summed E-state index contributed by atoms with van der Waals surface area (Å²) in [5.74, 6) is -0.0607. The van der Waals surface area contributed by atoms with Gasteiger partial charge in [0.15, 0.2) is 0 Å². The monoisotopic (exact) mass is 697 g/mol. The molecule has 2 unspecified atom stereocenters. The molecule has 2 aromatic carbocycles. The number of carbonyl (C=O) groups excluding carboxylic acids is 2. The number of allylic oxidation sites excluding steroid dienone is 3. The van der Waals surface area contributed by atoms with E-state index in [1.54, 1.807) is 46.6 Å². The van der Waals surface area contributed by atoms with Gasteiger partial charge in [0.25, 0.3) is 11.8 Å². The first-order chi connectivity index (χ1) is 24.0. The first kappa shape index (κ1) is 34.0. The van der Waals surface area contributed by atoms with Gasteiger partial charge in [0.2, 0.25) is 5.72 Å². The van der Waals surface area contributed by atoms with Crippen LogP contribution in [0.25, 0.3) is 10.4 Å². The molecular formula is C39H44FN5O4S. The summed E-state index contributed by atoms with van der Waals surface area (Å²) in [5, 5.41) is 6.36. The maximum absolute atomic E-state index is 14.7.